The highest BCUT2D eigenvalue weighted by atomic mass is 16.5. The molecule has 1 aromatic carbocycles. The van der Waals surface area contributed by atoms with Gasteiger partial charge in [0, 0.05) is 0 Å². The molecule has 0 fully saturated rings. The number of hydrogen-bond donors (Lipinski definition) is 1. The van der Waals surface area contributed by atoms with Crippen LogP contribution in [0.1, 0.15) is 51.7 Å². The Labute approximate surface area is 158 Å². The van der Waals surface area contributed by atoms with Crippen LogP contribution in [0.2, 0.25) is 0 Å². The molecule has 3 nitrogen and oxygen atoms in total. The van der Waals surface area contributed by atoms with Gasteiger partial charge in [-0.25, -0.2) is 0 Å². The largest absolute Gasteiger partial charge is 0.493 e. The zero-order chi connectivity index (χ0) is 20.0. The maximum absolute atomic E-state index is 10.9. The van der Waals surface area contributed by atoms with Crippen LogP contribution in [0, 0.1) is 54.8 Å². The van der Waals surface area contributed by atoms with E-state index in [1.165, 1.54) is 5.56 Å². The van der Waals surface area contributed by atoms with E-state index in [1.807, 2.05) is 26.0 Å². The van der Waals surface area contributed by atoms with E-state index in [4.69, 9.17) is 9.84 Å². The Hall–Kier alpha value is -2.83. The number of aliphatic carboxylic acids is 1. The summed E-state index contributed by atoms with van der Waals surface area (Å²) < 4.78 is 5.70. The molecule has 0 unspecified atom stereocenters. The lowest BCUT2D eigenvalue weighted by Gasteiger charge is -2.19. The third-order valence-electron chi connectivity index (χ3n) is 3.56. The minimum Gasteiger partial charge on any atom is -0.493 e. The van der Waals surface area contributed by atoms with Crippen LogP contribution in [0.4, 0.5) is 0 Å². The molecule has 0 bridgehead atoms. The van der Waals surface area contributed by atoms with Crippen molar-refractivity contribution >= 4 is 5.97 Å². The van der Waals surface area contributed by atoms with E-state index in [2.05, 4.69) is 41.6 Å². The van der Waals surface area contributed by atoms with E-state index in [9.17, 15) is 4.79 Å². The second-order valence-corrected chi connectivity index (χ2v) is 6.41. The first kappa shape index (κ1) is 23.2. The summed E-state index contributed by atoms with van der Waals surface area (Å²) in [6.07, 6.45) is 1.36. The Morgan fingerprint density at radius 3 is 2.15 bits per heavy atom. The first-order valence-corrected chi connectivity index (χ1v) is 8.51. The van der Waals surface area contributed by atoms with Gasteiger partial charge < -0.3 is 9.84 Å². The van der Waals surface area contributed by atoms with E-state index in [0.717, 1.165) is 17.7 Å². The van der Waals surface area contributed by atoms with Gasteiger partial charge in [-0.1, -0.05) is 24.0 Å². The fourth-order valence-electron chi connectivity index (χ4n) is 1.85. The molecule has 0 aliphatic carbocycles. The van der Waals surface area contributed by atoms with Gasteiger partial charge in [0.15, 0.2) is 0 Å². The van der Waals surface area contributed by atoms with E-state index in [-0.39, 0.29) is 0 Å². The van der Waals surface area contributed by atoms with Crippen molar-refractivity contribution in [1.82, 2.24) is 0 Å². The molecule has 0 radical (unpaired) electrons. The summed E-state index contributed by atoms with van der Waals surface area (Å²) >= 11 is 0. The third kappa shape index (κ3) is 10.1. The van der Waals surface area contributed by atoms with Gasteiger partial charge in [0.1, 0.15) is 5.75 Å². The lowest BCUT2D eigenvalue weighted by Crippen LogP contribution is -2.24. The topological polar surface area (TPSA) is 46.5 Å². The maximum atomic E-state index is 10.9. The Balaban J connectivity index is 0.000000660. The zero-order valence-electron chi connectivity index (χ0n) is 16.6. The number of benzene rings is 1. The zero-order valence-corrected chi connectivity index (χ0v) is 16.6. The van der Waals surface area contributed by atoms with Crippen LogP contribution in [0.15, 0.2) is 18.2 Å². The molecule has 0 aliphatic heterocycles. The molecule has 0 atom stereocenters. The summed E-state index contributed by atoms with van der Waals surface area (Å²) in [4.78, 5) is 10.9. The average Bonchev–Trinajstić information content (AvgIpc) is 2.59. The Morgan fingerprint density at radius 1 is 1.08 bits per heavy atom. The smallest absolute Gasteiger partial charge is 0.309 e. The van der Waals surface area contributed by atoms with Gasteiger partial charge in [-0.2, -0.15) is 0 Å². The molecule has 0 heterocycles. The summed E-state index contributed by atoms with van der Waals surface area (Å²) in [5.41, 5.74) is 1.60. The van der Waals surface area contributed by atoms with Crippen LogP contribution in [0.25, 0.3) is 0 Å². The van der Waals surface area contributed by atoms with E-state index >= 15 is 0 Å². The highest BCUT2D eigenvalue weighted by Crippen LogP contribution is 2.23. The molecule has 0 saturated carbocycles. The molecule has 0 saturated heterocycles. The van der Waals surface area contributed by atoms with E-state index < -0.39 is 11.4 Å². The minimum atomic E-state index is -0.755. The maximum Gasteiger partial charge on any atom is 0.309 e. The Morgan fingerprint density at radius 2 is 1.65 bits per heavy atom. The molecule has 1 rings (SSSR count). The van der Waals surface area contributed by atoms with Gasteiger partial charge in [0.05, 0.1) is 12.0 Å². The number of carboxylic acids is 1. The second kappa shape index (κ2) is 12.5. The van der Waals surface area contributed by atoms with Crippen molar-refractivity contribution in [3.8, 4) is 41.3 Å². The van der Waals surface area contributed by atoms with E-state index in [0.29, 0.717) is 13.0 Å². The minimum absolute atomic E-state index is 0.557. The summed E-state index contributed by atoms with van der Waals surface area (Å²) in [6.45, 7) is 11.6. The molecule has 0 amide bonds. The van der Waals surface area contributed by atoms with Gasteiger partial charge in [0.2, 0.25) is 0 Å². The fourth-order valence-corrected chi connectivity index (χ4v) is 1.85. The quantitative estimate of drug-likeness (QED) is 0.601. The van der Waals surface area contributed by atoms with Crippen molar-refractivity contribution in [3.05, 3.63) is 29.3 Å². The van der Waals surface area contributed by atoms with Crippen molar-refractivity contribution < 1.29 is 14.6 Å². The summed E-state index contributed by atoms with van der Waals surface area (Å²) in [5, 5.41) is 9.00. The van der Waals surface area contributed by atoms with Gasteiger partial charge in [-0.05, 0) is 95.3 Å². The van der Waals surface area contributed by atoms with Crippen molar-refractivity contribution in [3.63, 3.8) is 0 Å². The van der Waals surface area contributed by atoms with Crippen LogP contribution in [-0.4, -0.2) is 17.7 Å². The first-order valence-electron chi connectivity index (χ1n) is 8.51. The van der Waals surface area contributed by atoms with Gasteiger partial charge in [-0.15, -0.1) is 0 Å². The first-order chi connectivity index (χ1) is 12.2. The second-order valence-electron chi connectivity index (χ2n) is 6.41. The van der Waals surface area contributed by atoms with Crippen LogP contribution < -0.4 is 4.74 Å². The lowest BCUT2D eigenvalue weighted by atomic mass is 9.88. The monoisotopic (exact) mass is 352 g/mol. The normalized spacial score (nSPS) is 9.00. The van der Waals surface area contributed by atoms with Crippen molar-refractivity contribution in [1.29, 1.82) is 0 Å². The Bertz CT molecular complexity index is 745. The van der Waals surface area contributed by atoms with Gasteiger partial charge >= 0.3 is 5.97 Å². The summed E-state index contributed by atoms with van der Waals surface area (Å²) in [7, 11) is 0. The average molecular weight is 352 g/mol. The molecule has 3 heteroatoms. The lowest BCUT2D eigenvalue weighted by molar-refractivity contribution is -0.147. The number of carbonyl (C=O) groups is 1. The molecule has 1 N–H and O–H groups in total. The predicted molar refractivity (Wildman–Crippen MR) is 107 cm³/mol. The van der Waals surface area contributed by atoms with Gasteiger partial charge in [-0.3, -0.25) is 4.79 Å². The van der Waals surface area contributed by atoms with Crippen LogP contribution >= 0.6 is 0 Å². The highest BCUT2D eigenvalue weighted by molar-refractivity contribution is 5.73. The number of ether oxygens (including phenoxy) is 1. The highest BCUT2D eigenvalue weighted by Gasteiger charge is 2.26. The summed E-state index contributed by atoms with van der Waals surface area (Å²) in [5.74, 6) is 15.6. The fraction of sp³-hybridized carbons (Fsp3) is 0.435. The van der Waals surface area contributed by atoms with Gasteiger partial charge in [0.25, 0.3) is 0 Å². The third-order valence-corrected chi connectivity index (χ3v) is 3.56. The van der Waals surface area contributed by atoms with Crippen LogP contribution in [-0.2, 0) is 4.79 Å². The number of hydrogen-bond acceptors (Lipinski definition) is 2. The SMILES string of the molecule is CC#CC#CC#CC.Cc1ccc(C)c(OCCCC(C)(C)C(=O)O)c1. The molecule has 26 heavy (non-hydrogen) atoms. The molecule has 1 aromatic rings. The number of aryl methyl sites for hydroxylation is 2. The number of carboxylic acid groups (broad SMARTS) is 1. The number of rotatable bonds is 6. The molecular weight excluding hydrogens is 324 g/mol. The van der Waals surface area contributed by atoms with Crippen LogP contribution in [0.5, 0.6) is 5.75 Å². The molecule has 138 valence electrons. The molecule has 0 aliphatic rings. The Kier molecular flexibility index (Phi) is 11.2. The summed E-state index contributed by atoms with van der Waals surface area (Å²) in [6, 6.07) is 6.10. The van der Waals surface area contributed by atoms with Crippen molar-refractivity contribution in [2.75, 3.05) is 6.61 Å². The molecule has 0 spiro atoms. The van der Waals surface area contributed by atoms with Crippen LogP contribution in [0.3, 0.4) is 0 Å². The standard InChI is InChI=1S/C15H22O3.C8H6/c1-11-6-7-12(2)13(10-11)18-9-5-8-15(3,4)14(16)17;1-3-5-7-8-6-4-2/h6-7,10H,5,8-9H2,1-4H3,(H,16,17);1-2H3. The van der Waals surface area contributed by atoms with Crippen molar-refractivity contribution in [2.24, 2.45) is 5.41 Å². The predicted octanol–water partition coefficient (Wildman–Crippen LogP) is 4.61. The van der Waals surface area contributed by atoms with E-state index in [1.54, 1.807) is 27.7 Å². The molecule has 0 aromatic heterocycles. The van der Waals surface area contributed by atoms with Crippen molar-refractivity contribution in [2.45, 2.75) is 54.4 Å². The molecular formula is C23H28O3.